The van der Waals surface area contributed by atoms with Crippen LogP contribution in [0.5, 0.6) is 5.75 Å². The molecule has 0 bridgehead atoms. The number of primary amides is 1. The number of carbonyl (C=O) groups excluding carboxylic acids is 3. The standard InChI is InChI=1S/C29H42N4O7/c1-28(2,3)12-31-11-14-10-17(32(4)5)15-8-13-9-16-21(33(6)7)24(36)20(27(30)39)26(38)29(16,40)25(37)18(13)23(35)19(15)22(14)34/h10,13,16,20-21,24,31,34-36,40H,8-9,11-12H2,1-7H3,(H2,30,39)/t13-,16-,20?,21-,24?,29-/m1/s1. The molecule has 3 aliphatic carbocycles. The van der Waals surface area contributed by atoms with Gasteiger partial charge in [-0.05, 0) is 49.9 Å². The summed E-state index contributed by atoms with van der Waals surface area (Å²) in [6.45, 7) is 7.22. The Morgan fingerprint density at radius 1 is 1.18 bits per heavy atom. The molecule has 0 heterocycles. The summed E-state index contributed by atoms with van der Waals surface area (Å²) in [4.78, 5) is 43.2. The number of phenolic OH excluding ortho intramolecular Hbond substituents is 1. The van der Waals surface area contributed by atoms with Gasteiger partial charge in [0.15, 0.2) is 11.4 Å². The average molecular weight is 559 g/mol. The molecular weight excluding hydrogens is 516 g/mol. The van der Waals surface area contributed by atoms with E-state index in [0.717, 1.165) is 5.69 Å². The number of carbonyl (C=O) groups is 3. The first-order valence-electron chi connectivity index (χ1n) is 13.6. The minimum absolute atomic E-state index is 0.000652. The van der Waals surface area contributed by atoms with E-state index in [1.807, 2.05) is 25.1 Å². The fraction of sp³-hybridized carbons (Fsp3) is 0.621. The molecule has 3 aliphatic rings. The second-order valence-corrected chi connectivity index (χ2v) is 13.1. The fourth-order valence-electron chi connectivity index (χ4n) is 6.81. The molecule has 2 saturated carbocycles. The number of nitrogens with one attached hydrogen (secondary N) is 1. The normalized spacial score (nSPS) is 30.2. The Labute approximate surface area is 234 Å². The molecule has 0 spiro atoms. The molecule has 0 radical (unpaired) electrons. The van der Waals surface area contributed by atoms with Crippen molar-refractivity contribution in [1.82, 2.24) is 10.2 Å². The Morgan fingerprint density at radius 2 is 1.80 bits per heavy atom. The third kappa shape index (κ3) is 4.58. The number of amides is 1. The zero-order valence-corrected chi connectivity index (χ0v) is 24.3. The number of hydrogen-bond donors (Lipinski definition) is 6. The van der Waals surface area contributed by atoms with E-state index in [-0.39, 0.29) is 35.1 Å². The molecule has 4 rings (SSSR count). The SMILES string of the molecule is CN(C)c1cc(CNCC(C)(C)C)c(O)c2c1C[C@@H]1C[C@@H]3[C@@H](N(C)C)C(O)C(C(N)=O)C(=O)[C@]3(O)C(=O)C1=C2O. The quantitative estimate of drug-likeness (QED) is 0.267. The highest BCUT2D eigenvalue weighted by Gasteiger charge is 2.67. The third-order valence-electron chi connectivity index (χ3n) is 8.60. The van der Waals surface area contributed by atoms with Gasteiger partial charge < -0.3 is 41.3 Å². The minimum atomic E-state index is -2.67. The summed E-state index contributed by atoms with van der Waals surface area (Å²) in [7, 11) is 6.96. The van der Waals surface area contributed by atoms with Crippen LogP contribution in [0.4, 0.5) is 5.69 Å². The van der Waals surface area contributed by atoms with E-state index in [4.69, 9.17) is 5.73 Å². The van der Waals surface area contributed by atoms with Crippen LogP contribution in [0.3, 0.4) is 0 Å². The minimum Gasteiger partial charge on any atom is -0.507 e. The summed E-state index contributed by atoms with van der Waals surface area (Å²) in [5.41, 5.74) is 4.64. The van der Waals surface area contributed by atoms with E-state index in [9.17, 15) is 34.8 Å². The van der Waals surface area contributed by atoms with Gasteiger partial charge >= 0.3 is 0 Å². The molecule has 1 aromatic carbocycles. The summed E-state index contributed by atoms with van der Waals surface area (Å²) in [6, 6.07) is 0.934. The summed E-state index contributed by atoms with van der Waals surface area (Å²) in [5, 5.41) is 49.0. The Bertz CT molecular complexity index is 1280. The molecular formula is C29H42N4O7. The van der Waals surface area contributed by atoms with Crippen LogP contribution in [0.2, 0.25) is 0 Å². The molecule has 220 valence electrons. The molecule has 0 aliphatic heterocycles. The lowest BCUT2D eigenvalue weighted by molar-refractivity contribution is -0.184. The number of phenols is 1. The predicted molar refractivity (Wildman–Crippen MR) is 150 cm³/mol. The number of aliphatic hydroxyl groups excluding tert-OH is 2. The maximum atomic E-state index is 14.0. The molecule has 2 unspecified atom stereocenters. The van der Waals surface area contributed by atoms with Gasteiger partial charge in [-0.2, -0.15) is 0 Å². The number of fused-ring (bicyclic) bond motifs is 3. The highest BCUT2D eigenvalue weighted by molar-refractivity contribution is 6.25. The largest absolute Gasteiger partial charge is 0.507 e. The smallest absolute Gasteiger partial charge is 0.230 e. The number of rotatable bonds is 6. The van der Waals surface area contributed by atoms with Gasteiger partial charge in [0.25, 0.3) is 0 Å². The number of hydrogen-bond acceptors (Lipinski definition) is 10. The molecule has 2 fully saturated rings. The average Bonchev–Trinajstić information content (AvgIpc) is 2.81. The van der Waals surface area contributed by atoms with E-state index in [1.54, 1.807) is 19.0 Å². The Kier molecular flexibility index (Phi) is 7.59. The van der Waals surface area contributed by atoms with E-state index in [1.165, 1.54) is 0 Å². The van der Waals surface area contributed by atoms with E-state index in [2.05, 4.69) is 26.1 Å². The van der Waals surface area contributed by atoms with E-state index < -0.39 is 58.7 Å². The van der Waals surface area contributed by atoms with Gasteiger partial charge in [0.1, 0.15) is 17.4 Å². The summed E-state index contributed by atoms with van der Waals surface area (Å²) < 4.78 is 0. The van der Waals surface area contributed by atoms with Crippen molar-refractivity contribution in [3.63, 3.8) is 0 Å². The van der Waals surface area contributed by atoms with Crippen LogP contribution in [-0.2, 0) is 27.3 Å². The van der Waals surface area contributed by atoms with Crippen LogP contribution in [-0.4, -0.2) is 95.3 Å². The first kappa shape index (κ1) is 30.0. The van der Waals surface area contributed by atoms with Crippen molar-refractivity contribution in [2.45, 2.75) is 57.9 Å². The number of ketones is 2. The summed E-state index contributed by atoms with van der Waals surface area (Å²) >= 11 is 0. The van der Waals surface area contributed by atoms with Crippen LogP contribution >= 0.6 is 0 Å². The molecule has 0 saturated heterocycles. The summed E-state index contributed by atoms with van der Waals surface area (Å²) in [6.07, 6.45) is -1.17. The molecule has 11 heteroatoms. The van der Waals surface area contributed by atoms with Crippen molar-refractivity contribution in [2.24, 2.45) is 28.9 Å². The lowest BCUT2D eigenvalue weighted by atomic mass is 9.54. The third-order valence-corrected chi connectivity index (χ3v) is 8.60. The molecule has 0 aromatic heterocycles. The highest BCUT2D eigenvalue weighted by atomic mass is 16.3. The maximum Gasteiger partial charge on any atom is 0.230 e. The number of anilines is 1. The number of aromatic hydroxyl groups is 1. The first-order chi connectivity index (χ1) is 18.4. The maximum absolute atomic E-state index is 14.0. The number of nitrogens with two attached hydrogens (primary N) is 1. The molecule has 1 amide bonds. The Hall–Kier alpha value is -2.99. The zero-order valence-electron chi connectivity index (χ0n) is 24.3. The lowest BCUT2D eigenvalue weighted by Crippen LogP contribution is -2.73. The van der Waals surface area contributed by atoms with E-state index in [0.29, 0.717) is 24.2 Å². The van der Waals surface area contributed by atoms with Gasteiger partial charge in [-0.1, -0.05) is 20.8 Å². The predicted octanol–water partition coefficient (Wildman–Crippen LogP) is 0.331. The lowest BCUT2D eigenvalue weighted by Gasteiger charge is -2.53. The second-order valence-electron chi connectivity index (χ2n) is 13.1. The Morgan fingerprint density at radius 3 is 2.33 bits per heavy atom. The van der Waals surface area contributed by atoms with Crippen LogP contribution in [0.15, 0.2) is 11.6 Å². The van der Waals surface area contributed by atoms with Crippen molar-refractivity contribution in [1.29, 1.82) is 0 Å². The van der Waals surface area contributed by atoms with Gasteiger partial charge in [0, 0.05) is 56.0 Å². The van der Waals surface area contributed by atoms with Crippen molar-refractivity contribution in [3.05, 3.63) is 28.3 Å². The van der Waals surface area contributed by atoms with Crippen molar-refractivity contribution >= 4 is 28.9 Å². The molecule has 6 atom stereocenters. The number of nitrogens with zero attached hydrogens (tertiary/aromatic N) is 2. The second kappa shape index (κ2) is 10.1. The van der Waals surface area contributed by atoms with Gasteiger partial charge in [-0.3, -0.25) is 14.4 Å². The number of benzene rings is 1. The number of Topliss-reactive ketones (excluding diaryl/α,β-unsaturated/α-hetero) is 2. The van der Waals surface area contributed by atoms with Crippen molar-refractivity contribution < 1.29 is 34.8 Å². The van der Waals surface area contributed by atoms with Crippen LogP contribution in [0.25, 0.3) is 5.76 Å². The van der Waals surface area contributed by atoms with Crippen LogP contribution < -0.4 is 16.0 Å². The Balaban J connectivity index is 1.88. The molecule has 7 N–H and O–H groups in total. The number of likely N-dealkylation sites (N-methyl/N-ethyl adjacent to an activating group) is 1. The van der Waals surface area contributed by atoms with Gasteiger partial charge in [-0.15, -0.1) is 0 Å². The van der Waals surface area contributed by atoms with Gasteiger partial charge in [0.05, 0.1) is 11.7 Å². The number of aliphatic hydroxyl groups is 3. The highest BCUT2D eigenvalue weighted by Crippen LogP contribution is 2.53. The van der Waals surface area contributed by atoms with E-state index >= 15 is 0 Å². The molecule has 11 nitrogen and oxygen atoms in total. The fourth-order valence-corrected chi connectivity index (χ4v) is 6.81. The van der Waals surface area contributed by atoms with Gasteiger partial charge in [0.2, 0.25) is 11.7 Å². The molecule has 1 aromatic rings. The topological polar surface area (TPSA) is 177 Å². The molecule has 40 heavy (non-hydrogen) atoms. The van der Waals surface area contributed by atoms with Crippen LogP contribution in [0, 0.1) is 23.2 Å². The van der Waals surface area contributed by atoms with Crippen molar-refractivity contribution in [2.75, 3.05) is 39.6 Å². The monoisotopic (exact) mass is 558 g/mol. The summed E-state index contributed by atoms with van der Waals surface area (Å²) in [5.74, 6) is -7.43. The zero-order chi connectivity index (χ0) is 30.1. The van der Waals surface area contributed by atoms with Gasteiger partial charge in [-0.25, -0.2) is 0 Å². The van der Waals surface area contributed by atoms with Crippen LogP contribution in [0.1, 0.15) is 43.9 Å². The first-order valence-corrected chi connectivity index (χ1v) is 13.6. The van der Waals surface area contributed by atoms with Crippen molar-refractivity contribution in [3.8, 4) is 5.75 Å².